The van der Waals surface area contributed by atoms with Crippen molar-refractivity contribution in [3.63, 3.8) is 0 Å². The molecule has 80 valence electrons. The quantitative estimate of drug-likeness (QED) is 0.802. The van der Waals surface area contributed by atoms with Crippen molar-refractivity contribution >= 4 is 11.3 Å². The number of alkyl halides is 2. The van der Waals surface area contributed by atoms with Crippen LogP contribution in [0.5, 0.6) is 0 Å². The van der Waals surface area contributed by atoms with E-state index in [0.717, 1.165) is 11.3 Å². The van der Waals surface area contributed by atoms with Gasteiger partial charge in [0.05, 0.1) is 6.04 Å². The van der Waals surface area contributed by atoms with E-state index in [2.05, 4.69) is 18.3 Å². The minimum absolute atomic E-state index is 0.538. The van der Waals surface area contributed by atoms with E-state index in [4.69, 9.17) is 0 Å². The molecule has 0 aromatic carbocycles. The molecule has 1 nitrogen and oxygen atoms in total. The Morgan fingerprint density at radius 3 is 2.50 bits per heavy atom. The van der Waals surface area contributed by atoms with Gasteiger partial charge < -0.3 is 5.32 Å². The van der Waals surface area contributed by atoms with E-state index in [1.807, 2.05) is 6.07 Å². The molecule has 1 N–H and O–H groups in total. The molecule has 0 fully saturated rings. The van der Waals surface area contributed by atoms with Crippen LogP contribution in [0, 0.1) is 0 Å². The fourth-order valence-electron chi connectivity index (χ4n) is 1.06. The van der Waals surface area contributed by atoms with E-state index in [1.54, 1.807) is 11.3 Å². The molecular formula is C10H15F2NS. The van der Waals surface area contributed by atoms with Crippen molar-refractivity contribution in [1.82, 2.24) is 5.32 Å². The molecular weight excluding hydrogens is 204 g/mol. The largest absolute Gasteiger partial charge is 0.304 e. The Hall–Kier alpha value is -0.480. The second-order valence-electron chi connectivity index (χ2n) is 3.23. The Balaban J connectivity index is 2.37. The fraction of sp³-hybridized carbons (Fsp3) is 0.600. The zero-order chi connectivity index (χ0) is 10.6. The Morgan fingerprint density at radius 1 is 1.36 bits per heavy atom. The van der Waals surface area contributed by atoms with Crippen LogP contribution in [0.3, 0.4) is 0 Å². The topological polar surface area (TPSA) is 12.0 Å². The zero-order valence-electron chi connectivity index (χ0n) is 8.39. The van der Waals surface area contributed by atoms with Gasteiger partial charge in [0.15, 0.2) is 0 Å². The van der Waals surface area contributed by atoms with Crippen molar-refractivity contribution in [2.45, 2.75) is 39.3 Å². The highest BCUT2D eigenvalue weighted by Gasteiger charge is 2.13. The molecule has 0 saturated heterocycles. The number of halogens is 2. The Bertz CT molecular complexity index is 273. The van der Waals surface area contributed by atoms with Crippen LogP contribution in [0.15, 0.2) is 12.1 Å². The van der Waals surface area contributed by atoms with Crippen LogP contribution in [0.1, 0.15) is 23.6 Å². The molecule has 1 heterocycles. The number of hydrogen-bond acceptors (Lipinski definition) is 2. The van der Waals surface area contributed by atoms with Crippen molar-refractivity contribution in [3.05, 3.63) is 21.9 Å². The van der Waals surface area contributed by atoms with Crippen LogP contribution in [0.2, 0.25) is 0 Å². The van der Waals surface area contributed by atoms with Gasteiger partial charge in [-0.05, 0) is 25.5 Å². The van der Waals surface area contributed by atoms with E-state index in [0.29, 0.717) is 6.54 Å². The van der Waals surface area contributed by atoms with Crippen molar-refractivity contribution in [2.75, 3.05) is 0 Å². The van der Waals surface area contributed by atoms with Crippen molar-refractivity contribution in [1.29, 1.82) is 0 Å². The van der Waals surface area contributed by atoms with Crippen molar-refractivity contribution in [2.24, 2.45) is 0 Å². The molecule has 4 heteroatoms. The van der Waals surface area contributed by atoms with E-state index in [9.17, 15) is 8.78 Å². The highest BCUT2D eigenvalue weighted by Crippen LogP contribution is 2.16. The fourth-order valence-corrected chi connectivity index (χ4v) is 1.97. The molecule has 1 aromatic heterocycles. The van der Waals surface area contributed by atoms with Gasteiger partial charge >= 0.3 is 0 Å². The summed E-state index contributed by atoms with van der Waals surface area (Å²) in [7, 11) is 0. The van der Waals surface area contributed by atoms with Crippen LogP contribution < -0.4 is 5.32 Å². The van der Waals surface area contributed by atoms with E-state index >= 15 is 0 Å². The summed E-state index contributed by atoms with van der Waals surface area (Å²) < 4.78 is 24.3. The average molecular weight is 219 g/mol. The second-order valence-corrected chi connectivity index (χ2v) is 4.48. The third-order valence-electron chi connectivity index (χ3n) is 2.04. The molecule has 0 aliphatic rings. The predicted molar refractivity (Wildman–Crippen MR) is 56.0 cm³/mol. The lowest BCUT2D eigenvalue weighted by Crippen LogP contribution is -2.31. The first kappa shape index (κ1) is 11.6. The summed E-state index contributed by atoms with van der Waals surface area (Å²) in [5, 5.41) is 2.80. The molecule has 1 rings (SSSR count). The maximum Gasteiger partial charge on any atom is 0.253 e. The number of aryl methyl sites for hydroxylation is 1. The van der Waals surface area contributed by atoms with Gasteiger partial charge in [-0.25, -0.2) is 8.78 Å². The maximum absolute atomic E-state index is 12.1. The van der Waals surface area contributed by atoms with Crippen molar-refractivity contribution < 1.29 is 8.78 Å². The van der Waals surface area contributed by atoms with Gasteiger partial charge in [-0.3, -0.25) is 0 Å². The third kappa shape index (κ3) is 3.35. The number of hydrogen-bond donors (Lipinski definition) is 1. The summed E-state index contributed by atoms with van der Waals surface area (Å²) in [6.45, 7) is 4.13. The molecule has 0 amide bonds. The summed E-state index contributed by atoms with van der Waals surface area (Å²) in [4.78, 5) is 2.42. The van der Waals surface area contributed by atoms with Crippen LogP contribution in [-0.2, 0) is 13.0 Å². The van der Waals surface area contributed by atoms with Gasteiger partial charge in [-0.15, -0.1) is 11.3 Å². The Labute approximate surface area is 87.1 Å². The monoisotopic (exact) mass is 219 g/mol. The molecule has 1 aromatic rings. The summed E-state index contributed by atoms with van der Waals surface area (Å²) >= 11 is 1.68. The van der Waals surface area contributed by atoms with Crippen LogP contribution >= 0.6 is 11.3 Å². The Morgan fingerprint density at radius 2 is 2.00 bits per heavy atom. The van der Waals surface area contributed by atoms with Gasteiger partial charge in [0.25, 0.3) is 6.43 Å². The molecule has 0 aliphatic heterocycles. The van der Waals surface area contributed by atoms with E-state index in [-0.39, 0.29) is 0 Å². The lowest BCUT2D eigenvalue weighted by atomic mass is 10.3. The minimum Gasteiger partial charge on any atom is -0.304 e. The minimum atomic E-state index is -2.29. The standard InChI is InChI=1S/C10H15F2NS/c1-3-8-4-5-9(14-8)6-13-7(2)10(11)12/h4-5,7,10,13H,3,6H2,1-2H3. The SMILES string of the molecule is CCc1ccc(CNC(C)C(F)F)s1. The summed E-state index contributed by atoms with van der Waals surface area (Å²) in [6, 6.07) is 3.31. The molecule has 0 aliphatic carbocycles. The molecule has 0 bridgehead atoms. The van der Waals surface area contributed by atoms with Crippen LogP contribution in [0.25, 0.3) is 0 Å². The number of rotatable bonds is 5. The normalized spacial score (nSPS) is 13.5. The van der Waals surface area contributed by atoms with E-state index in [1.165, 1.54) is 11.8 Å². The molecule has 0 saturated carbocycles. The summed E-state index contributed by atoms with van der Waals surface area (Å²) in [5.74, 6) is 0. The smallest absolute Gasteiger partial charge is 0.253 e. The Kier molecular flexibility index (Phi) is 4.48. The van der Waals surface area contributed by atoms with Gasteiger partial charge in [-0.1, -0.05) is 6.92 Å². The highest BCUT2D eigenvalue weighted by atomic mass is 32.1. The summed E-state index contributed by atoms with van der Waals surface area (Å²) in [6.07, 6.45) is -1.28. The number of nitrogens with one attached hydrogen (secondary N) is 1. The van der Waals surface area contributed by atoms with Gasteiger partial charge in [0, 0.05) is 16.3 Å². The number of thiophene rings is 1. The summed E-state index contributed by atoms with van der Waals surface area (Å²) in [5.41, 5.74) is 0. The first-order chi connectivity index (χ1) is 6.63. The van der Waals surface area contributed by atoms with Gasteiger partial charge in [0.1, 0.15) is 0 Å². The average Bonchev–Trinajstić information content (AvgIpc) is 2.61. The molecule has 1 atom stereocenters. The zero-order valence-corrected chi connectivity index (χ0v) is 9.20. The third-order valence-corrected chi connectivity index (χ3v) is 3.27. The molecule has 1 unspecified atom stereocenters. The lowest BCUT2D eigenvalue weighted by molar-refractivity contribution is 0.105. The molecule has 0 spiro atoms. The highest BCUT2D eigenvalue weighted by molar-refractivity contribution is 7.11. The first-order valence-electron chi connectivity index (χ1n) is 4.72. The molecule has 0 radical (unpaired) electrons. The maximum atomic E-state index is 12.1. The van der Waals surface area contributed by atoms with Crippen LogP contribution in [-0.4, -0.2) is 12.5 Å². The lowest BCUT2D eigenvalue weighted by Gasteiger charge is -2.10. The first-order valence-corrected chi connectivity index (χ1v) is 5.54. The van der Waals surface area contributed by atoms with Gasteiger partial charge in [-0.2, -0.15) is 0 Å². The second kappa shape index (κ2) is 5.41. The predicted octanol–water partition coefficient (Wildman–Crippen LogP) is 3.05. The van der Waals surface area contributed by atoms with Crippen LogP contribution in [0.4, 0.5) is 8.78 Å². The van der Waals surface area contributed by atoms with Crippen molar-refractivity contribution in [3.8, 4) is 0 Å². The van der Waals surface area contributed by atoms with Gasteiger partial charge in [0.2, 0.25) is 0 Å². The van der Waals surface area contributed by atoms with E-state index < -0.39 is 12.5 Å². The molecule has 14 heavy (non-hydrogen) atoms.